The summed E-state index contributed by atoms with van der Waals surface area (Å²) < 4.78 is 1.17. The van der Waals surface area contributed by atoms with E-state index in [0.29, 0.717) is 0 Å². The van der Waals surface area contributed by atoms with Gasteiger partial charge >= 0.3 is 0 Å². The van der Waals surface area contributed by atoms with E-state index in [1.165, 1.54) is 15.6 Å². The second-order valence-electron chi connectivity index (χ2n) is 4.61. The van der Waals surface area contributed by atoms with Gasteiger partial charge in [0.25, 0.3) is 0 Å². The zero-order valence-corrected chi connectivity index (χ0v) is 13.6. The number of thiazole rings is 1. The molecule has 3 nitrogen and oxygen atoms in total. The highest BCUT2D eigenvalue weighted by molar-refractivity contribution is 9.10. The fourth-order valence-electron chi connectivity index (χ4n) is 1.97. The second-order valence-corrected chi connectivity index (χ2v) is 6.18. The van der Waals surface area contributed by atoms with Crippen molar-refractivity contribution in [2.45, 2.75) is 19.6 Å². The van der Waals surface area contributed by atoms with Gasteiger partial charge in [-0.2, -0.15) is 0 Å². The van der Waals surface area contributed by atoms with Crippen LogP contribution in [0.3, 0.4) is 0 Å². The fraction of sp³-hybridized carbons (Fsp3) is 0.357. The number of nitrogens with zero attached hydrogens (tertiary/aromatic N) is 2. The number of benzene rings is 1. The quantitative estimate of drug-likeness (QED) is 0.875. The molecule has 102 valence electrons. The summed E-state index contributed by atoms with van der Waals surface area (Å²) in [6.07, 6.45) is 0. The van der Waals surface area contributed by atoms with E-state index >= 15 is 0 Å². The maximum absolute atomic E-state index is 4.32. The molecular weight excluding hydrogens is 322 g/mol. The molecule has 0 aliphatic heterocycles. The molecule has 0 unspecified atom stereocenters. The van der Waals surface area contributed by atoms with Crippen molar-refractivity contribution >= 4 is 27.3 Å². The van der Waals surface area contributed by atoms with Crippen molar-refractivity contribution in [1.82, 2.24) is 15.2 Å². The summed E-state index contributed by atoms with van der Waals surface area (Å²) in [6, 6.07) is 6.55. The summed E-state index contributed by atoms with van der Waals surface area (Å²) in [7, 11) is 4.08. The predicted molar refractivity (Wildman–Crippen MR) is 84.2 cm³/mol. The van der Waals surface area contributed by atoms with E-state index in [1.54, 1.807) is 11.3 Å². The highest BCUT2D eigenvalue weighted by Crippen LogP contribution is 2.20. The summed E-state index contributed by atoms with van der Waals surface area (Å²) in [4.78, 5) is 6.59. The lowest BCUT2D eigenvalue weighted by atomic mass is 10.1. The maximum Gasteiger partial charge on any atom is 0.0795 e. The van der Waals surface area contributed by atoms with Crippen LogP contribution in [0.1, 0.15) is 16.8 Å². The van der Waals surface area contributed by atoms with Crippen LogP contribution >= 0.6 is 27.3 Å². The molecule has 1 N–H and O–H groups in total. The zero-order valence-electron chi connectivity index (χ0n) is 11.2. The van der Waals surface area contributed by atoms with Crippen molar-refractivity contribution in [1.29, 1.82) is 0 Å². The van der Waals surface area contributed by atoms with E-state index in [9.17, 15) is 0 Å². The Kier molecular flexibility index (Phi) is 5.51. The van der Waals surface area contributed by atoms with Crippen LogP contribution in [0.2, 0.25) is 0 Å². The highest BCUT2D eigenvalue weighted by atomic mass is 79.9. The molecule has 1 aromatic heterocycles. The topological polar surface area (TPSA) is 28.2 Å². The van der Waals surface area contributed by atoms with Gasteiger partial charge in [0.2, 0.25) is 0 Å². The molecule has 5 heteroatoms. The Bertz CT molecular complexity index is 513. The Hall–Kier alpha value is -0.750. The van der Waals surface area contributed by atoms with Crippen molar-refractivity contribution in [3.8, 4) is 0 Å². The van der Waals surface area contributed by atoms with E-state index in [-0.39, 0.29) is 0 Å². The largest absolute Gasteiger partial charge is 0.316 e. The van der Waals surface area contributed by atoms with E-state index in [1.807, 2.05) is 12.6 Å². The lowest BCUT2D eigenvalue weighted by Gasteiger charge is -2.17. The minimum Gasteiger partial charge on any atom is -0.316 e. The molecule has 0 amide bonds. The summed E-state index contributed by atoms with van der Waals surface area (Å²) in [5.74, 6) is 0. The van der Waals surface area contributed by atoms with E-state index < -0.39 is 0 Å². The average Bonchev–Trinajstić information content (AvgIpc) is 2.86. The molecule has 0 saturated heterocycles. The molecule has 0 aliphatic carbocycles. The Morgan fingerprint density at radius 2 is 2.21 bits per heavy atom. The van der Waals surface area contributed by atoms with Gasteiger partial charge in [0.1, 0.15) is 0 Å². The third kappa shape index (κ3) is 4.38. The van der Waals surface area contributed by atoms with Crippen LogP contribution < -0.4 is 5.32 Å². The second kappa shape index (κ2) is 7.14. The Balaban J connectivity index is 1.98. The molecule has 0 aliphatic rings. The van der Waals surface area contributed by atoms with E-state index in [2.05, 4.69) is 61.8 Å². The van der Waals surface area contributed by atoms with Crippen molar-refractivity contribution in [3.05, 3.63) is 50.4 Å². The molecule has 0 radical (unpaired) electrons. The van der Waals surface area contributed by atoms with Crippen molar-refractivity contribution in [2.24, 2.45) is 0 Å². The van der Waals surface area contributed by atoms with Crippen LogP contribution in [-0.4, -0.2) is 24.0 Å². The normalized spacial score (nSPS) is 11.2. The number of halogens is 1. The molecule has 0 saturated carbocycles. The van der Waals surface area contributed by atoms with Crippen LogP contribution in [-0.2, 0) is 19.6 Å². The van der Waals surface area contributed by atoms with Crippen LogP contribution in [0, 0.1) is 0 Å². The maximum atomic E-state index is 4.32. The first-order chi connectivity index (χ1) is 9.19. The molecule has 0 spiro atoms. The average molecular weight is 340 g/mol. The van der Waals surface area contributed by atoms with Gasteiger partial charge in [-0.1, -0.05) is 28.1 Å². The lowest BCUT2D eigenvalue weighted by molar-refractivity contribution is 0.315. The fourth-order valence-corrected chi connectivity index (χ4v) is 3.07. The molecule has 2 aromatic rings. The molecule has 19 heavy (non-hydrogen) atoms. The Labute approximate surface area is 126 Å². The lowest BCUT2D eigenvalue weighted by Crippen LogP contribution is -2.17. The third-order valence-corrected chi connectivity index (χ3v) is 4.23. The number of hydrogen-bond acceptors (Lipinski definition) is 4. The summed E-state index contributed by atoms with van der Waals surface area (Å²) in [5.41, 5.74) is 5.61. The standard InChI is InChI=1S/C14H18BrN3S/c1-16-6-11-3-4-12(14(15)5-11)7-18(2)8-13-9-19-10-17-13/h3-5,9-10,16H,6-8H2,1-2H3. The van der Waals surface area contributed by atoms with E-state index in [4.69, 9.17) is 0 Å². The zero-order chi connectivity index (χ0) is 13.7. The first-order valence-electron chi connectivity index (χ1n) is 6.16. The van der Waals surface area contributed by atoms with Crippen LogP contribution in [0.4, 0.5) is 0 Å². The van der Waals surface area contributed by atoms with Crippen LogP contribution in [0.25, 0.3) is 0 Å². The first kappa shape index (κ1) is 14.7. The molecule has 0 fully saturated rings. The summed E-state index contributed by atoms with van der Waals surface area (Å²) in [6.45, 7) is 2.69. The summed E-state index contributed by atoms with van der Waals surface area (Å²) in [5, 5.41) is 5.26. The predicted octanol–water partition coefficient (Wildman–Crippen LogP) is 3.26. The van der Waals surface area contributed by atoms with Crippen LogP contribution in [0.15, 0.2) is 33.6 Å². The minimum atomic E-state index is 0.883. The monoisotopic (exact) mass is 339 g/mol. The van der Waals surface area contributed by atoms with Crippen molar-refractivity contribution < 1.29 is 0 Å². The minimum absolute atomic E-state index is 0.883. The van der Waals surface area contributed by atoms with Gasteiger partial charge in [-0.3, -0.25) is 4.90 Å². The number of nitrogens with one attached hydrogen (secondary N) is 1. The molecule has 1 heterocycles. The molecule has 2 rings (SSSR count). The number of aromatic nitrogens is 1. The molecule has 0 bridgehead atoms. The molecule has 0 atom stereocenters. The van der Waals surface area contributed by atoms with Crippen LogP contribution in [0.5, 0.6) is 0 Å². The van der Waals surface area contributed by atoms with Gasteiger partial charge in [0.05, 0.1) is 11.2 Å². The Morgan fingerprint density at radius 1 is 1.37 bits per heavy atom. The molecular formula is C14H18BrN3S. The SMILES string of the molecule is CNCc1ccc(CN(C)Cc2cscn2)c(Br)c1. The van der Waals surface area contributed by atoms with Gasteiger partial charge in [-0.15, -0.1) is 11.3 Å². The molecule has 1 aromatic carbocycles. The van der Waals surface area contributed by atoms with Gasteiger partial charge in [0, 0.05) is 29.5 Å². The van der Waals surface area contributed by atoms with E-state index in [0.717, 1.165) is 25.3 Å². The van der Waals surface area contributed by atoms with Crippen molar-refractivity contribution in [3.63, 3.8) is 0 Å². The Morgan fingerprint density at radius 3 is 2.84 bits per heavy atom. The van der Waals surface area contributed by atoms with Gasteiger partial charge < -0.3 is 5.32 Å². The smallest absolute Gasteiger partial charge is 0.0795 e. The number of rotatable bonds is 6. The highest BCUT2D eigenvalue weighted by Gasteiger charge is 2.07. The first-order valence-corrected chi connectivity index (χ1v) is 7.90. The summed E-state index contributed by atoms with van der Waals surface area (Å²) >= 11 is 5.30. The van der Waals surface area contributed by atoms with Gasteiger partial charge in [-0.25, -0.2) is 4.98 Å². The van der Waals surface area contributed by atoms with Crippen molar-refractivity contribution in [2.75, 3.05) is 14.1 Å². The van der Waals surface area contributed by atoms with Gasteiger partial charge in [-0.05, 0) is 31.3 Å². The number of hydrogen-bond donors (Lipinski definition) is 1. The van der Waals surface area contributed by atoms with Gasteiger partial charge in [0.15, 0.2) is 0 Å². The third-order valence-electron chi connectivity index (χ3n) is 2.85.